The van der Waals surface area contributed by atoms with E-state index in [1.165, 1.54) is 51.6 Å². The highest BCUT2D eigenvalue weighted by Crippen LogP contribution is 2.22. The van der Waals surface area contributed by atoms with Crippen LogP contribution in [0.5, 0.6) is 0 Å². The van der Waals surface area contributed by atoms with Gasteiger partial charge in [-0.3, -0.25) is 0 Å². The Kier molecular flexibility index (Phi) is 6.20. The summed E-state index contributed by atoms with van der Waals surface area (Å²) < 4.78 is 0. The second kappa shape index (κ2) is 7.24. The largest absolute Gasteiger partial charge is 0.317 e. The van der Waals surface area contributed by atoms with Crippen molar-refractivity contribution in [3.63, 3.8) is 0 Å². The molecule has 0 heterocycles. The van der Waals surface area contributed by atoms with Crippen LogP contribution in [0.25, 0.3) is 0 Å². The molecule has 0 aliphatic heterocycles. The van der Waals surface area contributed by atoms with E-state index in [2.05, 4.69) is 24.2 Å². The lowest BCUT2D eigenvalue weighted by molar-refractivity contribution is 0.241. The number of rotatable bonds is 7. The van der Waals surface area contributed by atoms with Crippen molar-refractivity contribution in [1.29, 1.82) is 0 Å². The molecule has 1 N–H and O–H groups in total. The number of nitrogens with one attached hydrogen (secondary N) is 1. The first-order valence-electron chi connectivity index (χ1n) is 6.25. The molecule has 0 aromatic rings. The monoisotopic (exact) mass is 198 g/mol. The number of hydrogen-bond acceptors (Lipinski definition) is 2. The Bertz CT molecular complexity index is 130. The summed E-state index contributed by atoms with van der Waals surface area (Å²) in [5.74, 6) is 0. The fraction of sp³-hybridized carbons (Fsp3) is 1.00. The molecule has 2 heteroatoms. The molecule has 1 aliphatic rings. The SMILES string of the molecule is CCNCCCCN(C)C1CCCC1. The van der Waals surface area contributed by atoms with Gasteiger partial charge >= 0.3 is 0 Å². The van der Waals surface area contributed by atoms with Gasteiger partial charge in [0.05, 0.1) is 0 Å². The molecule has 0 unspecified atom stereocenters. The molecule has 1 aliphatic carbocycles. The summed E-state index contributed by atoms with van der Waals surface area (Å²) in [4.78, 5) is 2.57. The highest BCUT2D eigenvalue weighted by molar-refractivity contribution is 4.74. The van der Waals surface area contributed by atoms with Crippen LogP contribution in [-0.2, 0) is 0 Å². The minimum Gasteiger partial charge on any atom is -0.317 e. The molecule has 2 nitrogen and oxygen atoms in total. The van der Waals surface area contributed by atoms with Crippen LogP contribution in [0.4, 0.5) is 0 Å². The lowest BCUT2D eigenvalue weighted by Gasteiger charge is -2.23. The molecule has 84 valence electrons. The first kappa shape index (κ1) is 12.0. The fourth-order valence-corrected chi connectivity index (χ4v) is 2.32. The van der Waals surface area contributed by atoms with Gasteiger partial charge in [0.1, 0.15) is 0 Å². The van der Waals surface area contributed by atoms with Gasteiger partial charge in [-0.2, -0.15) is 0 Å². The summed E-state index contributed by atoms with van der Waals surface area (Å²) in [6.07, 6.45) is 8.44. The van der Waals surface area contributed by atoms with Crippen molar-refractivity contribution in [3.05, 3.63) is 0 Å². The van der Waals surface area contributed by atoms with E-state index < -0.39 is 0 Å². The molecule has 0 aromatic carbocycles. The highest BCUT2D eigenvalue weighted by Gasteiger charge is 2.18. The van der Waals surface area contributed by atoms with Crippen molar-refractivity contribution in [2.24, 2.45) is 0 Å². The zero-order valence-corrected chi connectivity index (χ0v) is 9.89. The Labute approximate surface area is 89.1 Å². The molecule has 0 spiro atoms. The van der Waals surface area contributed by atoms with Crippen molar-refractivity contribution >= 4 is 0 Å². The lowest BCUT2D eigenvalue weighted by atomic mass is 10.2. The molecule has 0 radical (unpaired) electrons. The van der Waals surface area contributed by atoms with Crippen LogP contribution in [0.2, 0.25) is 0 Å². The molecule has 0 aromatic heterocycles. The van der Waals surface area contributed by atoms with E-state index in [1.807, 2.05) is 0 Å². The predicted octanol–water partition coefficient (Wildman–Crippen LogP) is 2.25. The van der Waals surface area contributed by atoms with E-state index in [4.69, 9.17) is 0 Å². The average molecular weight is 198 g/mol. The van der Waals surface area contributed by atoms with E-state index in [1.54, 1.807) is 0 Å². The minimum absolute atomic E-state index is 0.897. The van der Waals surface area contributed by atoms with Crippen LogP contribution in [0.3, 0.4) is 0 Å². The van der Waals surface area contributed by atoms with Gasteiger partial charge in [-0.1, -0.05) is 19.8 Å². The van der Waals surface area contributed by atoms with Crippen molar-refractivity contribution in [3.8, 4) is 0 Å². The Balaban J connectivity index is 1.94. The minimum atomic E-state index is 0.897. The van der Waals surface area contributed by atoms with E-state index in [9.17, 15) is 0 Å². The maximum atomic E-state index is 3.37. The lowest BCUT2D eigenvalue weighted by Crippen LogP contribution is -2.30. The molecule has 0 saturated heterocycles. The van der Waals surface area contributed by atoms with Crippen molar-refractivity contribution in [2.75, 3.05) is 26.7 Å². The van der Waals surface area contributed by atoms with Crippen LogP contribution >= 0.6 is 0 Å². The number of unbranched alkanes of at least 4 members (excludes halogenated alkanes) is 1. The van der Waals surface area contributed by atoms with Gasteiger partial charge in [-0.05, 0) is 52.4 Å². The molecule has 1 fully saturated rings. The zero-order chi connectivity index (χ0) is 10.2. The summed E-state index contributed by atoms with van der Waals surface area (Å²) in [7, 11) is 2.29. The summed E-state index contributed by atoms with van der Waals surface area (Å²) in [6, 6.07) is 0.897. The summed E-state index contributed by atoms with van der Waals surface area (Å²) in [5.41, 5.74) is 0. The van der Waals surface area contributed by atoms with Crippen LogP contribution in [-0.4, -0.2) is 37.6 Å². The Morgan fingerprint density at radius 1 is 1.21 bits per heavy atom. The standard InChI is InChI=1S/C12H26N2/c1-3-13-10-6-7-11-14(2)12-8-4-5-9-12/h12-13H,3-11H2,1-2H3. The molecule has 1 saturated carbocycles. The second-order valence-corrected chi connectivity index (χ2v) is 4.48. The third kappa shape index (κ3) is 4.43. The molecule has 1 rings (SSSR count). The van der Waals surface area contributed by atoms with Gasteiger partial charge in [0, 0.05) is 6.04 Å². The van der Waals surface area contributed by atoms with Gasteiger partial charge in [-0.15, -0.1) is 0 Å². The van der Waals surface area contributed by atoms with Gasteiger partial charge in [0.25, 0.3) is 0 Å². The summed E-state index contributed by atoms with van der Waals surface area (Å²) in [5, 5.41) is 3.37. The third-order valence-electron chi connectivity index (χ3n) is 3.31. The smallest absolute Gasteiger partial charge is 0.00922 e. The zero-order valence-electron chi connectivity index (χ0n) is 9.89. The van der Waals surface area contributed by atoms with Crippen molar-refractivity contribution < 1.29 is 0 Å². The highest BCUT2D eigenvalue weighted by atomic mass is 15.1. The van der Waals surface area contributed by atoms with Gasteiger partial charge < -0.3 is 10.2 Å². The van der Waals surface area contributed by atoms with Gasteiger partial charge in [0.15, 0.2) is 0 Å². The Morgan fingerprint density at radius 2 is 1.93 bits per heavy atom. The number of hydrogen-bond donors (Lipinski definition) is 1. The second-order valence-electron chi connectivity index (χ2n) is 4.48. The first-order chi connectivity index (χ1) is 6.84. The average Bonchev–Trinajstić information content (AvgIpc) is 2.70. The molecule has 0 bridgehead atoms. The maximum absolute atomic E-state index is 3.37. The molecule has 0 amide bonds. The Hall–Kier alpha value is -0.0800. The number of nitrogens with zero attached hydrogens (tertiary/aromatic N) is 1. The quantitative estimate of drug-likeness (QED) is 0.631. The van der Waals surface area contributed by atoms with Crippen molar-refractivity contribution in [1.82, 2.24) is 10.2 Å². The van der Waals surface area contributed by atoms with E-state index in [-0.39, 0.29) is 0 Å². The predicted molar refractivity (Wildman–Crippen MR) is 62.7 cm³/mol. The third-order valence-corrected chi connectivity index (χ3v) is 3.31. The van der Waals surface area contributed by atoms with Crippen LogP contribution in [0.15, 0.2) is 0 Å². The van der Waals surface area contributed by atoms with Crippen LogP contribution in [0, 0.1) is 0 Å². The summed E-state index contributed by atoms with van der Waals surface area (Å²) in [6.45, 7) is 5.76. The van der Waals surface area contributed by atoms with E-state index >= 15 is 0 Å². The normalized spacial score (nSPS) is 18.2. The van der Waals surface area contributed by atoms with Crippen LogP contribution in [0.1, 0.15) is 45.4 Å². The van der Waals surface area contributed by atoms with Crippen LogP contribution < -0.4 is 5.32 Å². The molecular weight excluding hydrogens is 172 g/mol. The van der Waals surface area contributed by atoms with E-state index in [0.717, 1.165) is 12.6 Å². The Morgan fingerprint density at radius 3 is 2.57 bits per heavy atom. The van der Waals surface area contributed by atoms with E-state index in [0.29, 0.717) is 0 Å². The van der Waals surface area contributed by atoms with Crippen molar-refractivity contribution in [2.45, 2.75) is 51.5 Å². The van der Waals surface area contributed by atoms with Gasteiger partial charge in [-0.25, -0.2) is 0 Å². The van der Waals surface area contributed by atoms with Gasteiger partial charge in [0.2, 0.25) is 0 Å². The summed E-state index contributed by atoms with van der Waals surface area (Å²) >= 11 is 0. The molecule has 14 heavy (non-hydrogen) atoms. The molecular formula is C12H26N2. The first-order valence-corrected chi connectivity index (χ1v) is 6.25. The fourth-order valence-electron chi connectivity index (χ4n) is 2.32. The molecule has 0 atom stereocenters. The maximum Gasteiger partial charge on any atom is 0.00922 e. The topological polar surface area (TPSA) is 15.3 Å².